The number of halogens is 1. The molecule has 0 spiro atoms. The highest BCUT2D eigenvalue weighted by atomic mass is 127. The van der Waals surface area contributed by atoms with E-state index in [9.17, 15) is 8.42 Å². The van der Waals surface area contributed by atoms with Crippen LogP contribution in [0.4, 0.5) is 5.69 Å². The van der Waals surface area contributed by atoms with E-state index in [2.05, 4.69) is 30.9 Å². The van der Waals surface area contributed by atoms with Gasteiger partial charge in [-0.15, -0.1) is 24.0 Å². The summed E-state index contributed by atoms with van der Waals surface area (Å²) in [4.78, 5) is 8.84. The highest BCUT2D eigenvalue weighted by Gasteiger charge is 2.25. The van der Waals surface area contributed by atoms with Gasteiger partial charge in [0.15, 0.2) is 5.96 Å². The van der Waals surface area contributed by atoms with Gasteiger partial charge in [0.2, 0.25) is 10.0 Å². The molecule has 0 aliphatic carbocycles. The lowest BCUT2D eigenvalue weighted by Crippen LogP contribution is -2.56. The van der Waals surface area contributed by atoms with Crippen molar-refractivity contribution in [3.05, 3.63) is 24.3 Å². The molecule has 28 heavy (non-hydrogen) atoms. The highest BCUT2D eigenvalue weighted by molar-refractivity contribution is 14.0. The molecule has 1 aromatic rings. The molecular weight excluding hydrogens is 493 g/mol. The molecular formula is C18H32IN5O3S. The summed E-state index contributed by atoms with van der Waals surface area (Å²) in [5.74, 6) is 1.65. The van der Waals surface area contributed by atoms with Crippen LogP contribution in [0.2, 0.25) is 0 Å². The largest absolute Gasteiger partial charge is 0.495 e. The predicted molar refractivity (Wildman–Crippen MR) is 126 cm³/mol. The second-order valence-corrected chi connectivity index (χ2v) is 9.05. The van der Waals surface area contributed by atoms with Gasteiger partial charge in [0.1, 0.15) is 5.75 Å². The molecule has 0 radical (unpaired) electrons. The number of sulfonamides is 1. The minimum Gasteiger partial charge on any atom is -0.495 e. The first-order valence-corrected chi connectivity index (χ1v) is 10.9. The third kappa shape index (κ3) is 7.28. The van der Waals surface area contributed by atoms with Crippen molar-refractivity contribution in [1.29, 1.82) is 0 Å². The molecule has 1 aliphatic rings. The van der Waals surface area contributed by atoms with E-state index in [0.717, 1.165) is 43.6 Å². The number of nitrogens with one attached hydrogen (secondary N) is 2. The van der Waals surface area contributed by atoms with Crippen molar-refractivity contribution in [2.75, 3.05) is 58.0 Å². The number of hydrogen-bond acceptors (Lipinski definition) is 5. The summed E-state index contributed by atoms with van der Waals surface area (Å²) in [7, 11) is 0.162. The number of rotatable bonds is 6. The zero-order valence-corrected chi connectivity index (χ0v) is 20.4. The minimum absolute atomic E-state index is 0. The average molecular weight is 525 g/mol. The quantitative estimate of drug-likeness (QED) is 0.331. The summed E-state index contributed by atoms with van der Waals surface area (Å²) in [5.41, 5.74) is 0.490. The second kappa shape index (κ2) is 10.5. The molecule has 10 heteroatoms. The van der Waals surface area contributed by atoms with Gasteiger partial charge in [-0.05, 0) is 26.0 Å². The molecule has 1 aliphatic heterocycles. The lowest BCUT2D eigenvalue weighted by atomic mass is 10.1. The number of ether oxygens (including phenoxy) is 1. The van der Waals surface area contributed by atoms with Gasteiger partial charge in [-0.25, -0.2) is 13.1 Å². The van der Waals surface area contributed by atoms with Crippen molar-refractivity contribution in [3.8, 4) is 5.75 Å². The van der Waals surface area contributed by atoms with Crippen LogP contribution in [0.3, 0.4) is 0 Å². The lowest BCUT2D eigenvalue weighted by molar-refractivity contribution is 0.359. The summed E-state index contributed by atoms with van der Waals surface area (Å²) in [6.07, 6.45) is 1.17. The number of aliphatic imine (C=N–C) groups is 1. The van der Waals surface area contributed by atoms with E-state index in [4.69, 9.17) is 4.74 Å². The molecule has 0 saturated carbocycles. The van der Waals surface area contributed by atoms with Crippen molar-refractivity contribution >= 4 is 45.6 Å². The molecule has 0 unspecified atom stereocenters. The third-order valence-corrected chi connectivity index (χ3v) is 5.29. The first-order chi connectivity index (χ1) is 12.6. The van der Waals surface area contributed by atoms with E-state index in [0.29, 0.717) is 6.54 Å². The van der Waals surface area contributed by atoms with Crippen molar-refractivity contribution in [1.82, 2.24) is 14.9 Å². The van der Waals surface area contributed by atoms with E-state index in [-0.39, 0.29) is 24.0 Å². The maximum Gasteiger partial charge on any atom is 0.209 e. The van der Waals surface area contributed by atoms with E-state index >= 15 is 0 Å². The van der Waals surface area contributed by atoms with Gasteiger partial charge in [0.25, 0.3) is 0 Å². The van der Waals surface area contributed by atoms with Crippen molar-refractivity contribution in [2.24, 2.45) is 4.99 Å². The summed E-state index contributed by atoms with van der Waals surface area (Å²) >= 11 is 0. The number of para-hydroxylation sites is 2. The number of methoxy groups -OCH3 is 1. The van der Waals surface area contributed by atoms with Crippen molar-refractivity contribution < 1.29 is 13.2 Å². The van der Waals surface area contributed by atoms with Crippen LogP contribution >= 0.6 is 24.0 Å². The second-order valence-electron chi connectivity index (χ2n) is 7.30. The summed E-state index contributed by atoms with van der Waals surface area (Å²) in [5, 5.41) is 3.28. The van der Waals surface area contributed by atoms with Crippen LogP contribution in [0.25, 0.3) is 0 Å². The monoisotopic (exact) mass is 525 g/mol. The smallest absolute Gasteiger partial charge is 0.209 e. The Morgan fingerprint density at radius 3 is 2.36 bits per heavy atom. The molecule has 0 bridgehead atoms. The standard InChI is InChI=1S/C18H31N5O3S.HI/c1-18(2,21-27(5,24)25)14-20-17(19-3)23-12-10-22(11-13-23)15-8-6-7-9-16(15)26-4;/h6-9,21H,10-14H2,1-5H3,(H,19,20);1H. The van der Waals surface area contributed by atoms with Gasteiger partial charge >= 0.3 is 0 Å². The molecule has 0 atom stereocenters. The number of anilines is 1. The molecule has 8 nitrogen and oxygen atoms in total. The predicted octanol–water partition coefficient (Wildman–Crippen LogP) is 1.34. The SMILES string of the molecule is CN=C(NCC(C)(C)NS(C)(=O)=O)N1CCN(c2ccccc2OC)CC1.I. The van der Waals surface area contributed by atoms with Gasteiger partial charge in [-0.1, -0.05) is 12.1 Å². The zero-order chi connectivity index (χ0) is 20.1. The van der Waals surface area contributed by atoms with Crippen LogP contribution in [0, 0.1) is 0 Å². The topological polar surface area (TPSA) is 86.3 Å². The maximum atomic E-state index is 11.5. The molecule has 2 rings (SSSR count). The molecule has 1 saturated heterocycles. The van der Waals surface area contributed by atoms with Crippen LogP contribution in [-0.4, -0.2) is 78.0 Å². The van der Waals surface area contributed by atoms with Gasteiger partial charge in [-0.2, -0.15) is 0 Å². The summed E-state index contributed by atoms with van der Waals surface area (Å²) < 4.78 is 31.1. The Labute approximate surface area is 185 Å². The number of guanidine groups is 1. The van der Waals surface area contributed by atoms with Crippen molar-refractivity contribution in [2.45, 2.75) is 19.4 Å². The summed E-state index contributed by atoms with van der Waals surface area (Å²) in [6, 6.07) is 8.03. The molecule has 0 aromatic heterocycles. The van der Waals surface area contributed by atoms with Gasteiger partial charge < -0.3 is 19.9 Å². The zero-order valence-electron chi connectivity index (χ0n) is 17.2. The fourth-order valence-corrected chi connectivity index (χ4v) is 4.30. The fourth-order valence-electron chi connectivity index (χ4n) is 3.22. The van der Waals surface area contributed by atoms with Gasteiger partial charge in [-0.3, -0.25) is 4.99 Å². The molecule has 1 aromatic carbocycles. The number of benzene rings is 1. The number of nitrogens with zero attached hydrogens (tertiary/aromatic N) is 3. The Kier molecular flexibility index (Phi) is 9.28. The Morgan fingerprint density at radius 1 is 1.21 bits per heavy atom. The van der Waals surface area contributed by atoms with Crippen LogP contribution in [0.15, 0.2) is 29.3 Å². The first-order valence-electron chi connectivity index (χ1n) is 8.98. The Balaban J connectivity index is 0.00000392. The van der Waals surface area contributed by atoms with Gasteiger partial charge in [0, 0.05) is 45.3 Å². The van der Waals surface area contributed by atoms with Crippen molar-refractivity contribution in [3.63, 3.8) is 0 Å². The number of hydrogen-bond donors (Lipinski definition) is 2. The Morgan fingerprint density at radius 2 is 1.82 bits per heavy atom. The molecule has 2 N–H and O–H groups in total. The lowest BCUT2D eigenvalue weighted by Gasteiger charge is -2.38. The molecule has 160 valence electrons. The van der Waals surface area contributed by atoms with Crippen LogP contribution in [0.1, 0.15) is 13.8 Å². The normalized spacial score (nSPS) is 15.8. The summed E-state index contributed by atoms with van der Waals surface area (Å²) in [6.45, 7) is 7.47. The maximum absolute atomic E-state index is 11.5. The average Bonchev–Trinajstić information content (AvgIpc) is 2.60. The third-order valence-electron chi connectivity index (χ3n) is 4.37. The van der Waals surface area contributed by atoms with E-state index < -0.39 is 15.6 Å². The first kappa shape index (κ1) is 24.8. The van der Waals surface area contributed by atoms with E-state index in [1.807, 2.05) is 32.0 Å². The Bertz CT molecular complexity index is 762. The van der Waals surface area contributed by atoms with Crippen LogP contribution < -0.4 is 19.7 Å². The van der Waals surface area contributed by atoms with E-state index in [1.165, 1.54) is 6.26 Å². The molecule has 0 amide bonds. The van der Waals surface area contributed by atoms with E-state index in [1.54, 1.807) is 14.2 Å². The minimum atomic E-state index is -3.27. The Hall–Kier alpha value is -1.27. The van der Waals surface area contributed by atoms with Crippen LogP contribution in [0.5, 0.6) is 5.75 Å². The molecule has 1 fully saturated rings. The highest BCUT2D eigenvalue weighted by Crippen LogP contribution is 2.28. The molecule has 1 heterocycles. The van der Waals surface area contributed by atoms with Gasteiger partial charge in [0.05, 0.1) is 19.1 Å². The fraction of sp³-hybridized carbons (Fsp3) is 0.611. The number of piperazine rings is 1. The van der Waals surface area contributed by atoms with Crippen LogP contribution in [-0.2, 0) is 10.0 Å².